The van der Waals surface area contributed by atoms with E-state index < -0.39 is 0 Å². The molecule has 0 spiro atoms. The minimum absolute atomic E-state index is 0.245. The molecule has 1 aromatic heterocycles. The molecule has 0 amide bonds. The molecule has 0 saturated heterocycles. The van der Waals surface area contributed by atoms with E-state index in [1.54, 1.807) is 13.1 Å². The van der Waals surface area contributed by atoms with Gasteiger partial charge in [-0.25, -0.2) is 9.37 Å². The fourth-order valence-electron chi connectivity index (χ4n) is 1.05. The molecule has 0 radical (unpaired) electrons. The van der Waals surface area contributed by atoms with Gasteiger partial charge in [-0.15, -0.1) is 6.58 Å². The van der Waals surface area contributed by atoms with Gasteiger partial charge in [-0.2, -0.15) is 0 Å². The summed E-state index contributed by atoms with van der Waals surface area (Å²) in [5, 5.41) is 0. The zero-order chi connectivity index (χ0) is 16.3. The van der Waals surface area contributed by atoms with E-state index in [0.29, 0.717) is 6.42 Å². The number of para-hydroxylation sites is 2. The maximum atomic E-state index is 11.2. The number of benzene rings is 1. The molecule has 114 valence electrons. The standard InChI is InChI=1S/C9H8N2.C5H10.C4H7F/c1-7-6-10-8-4-2-3-5-9(8)11-7;1-4-5(2)3;1-3-4(2)5/h2-6H,1H3;2,4H2,1,3H3;2-3H2,1H3. The molecular weight excluding hydrogens is 263 g/mol. The Labute approximate surface area is 127 Å². The number of fused-ring (bicyclic) bond motifs is 1. The van der Waals surface area contributed by atoms with Crippen molar-refractivity contribution in [1.29, 1.82) is 0 Å². The summed E-state index contributed by atoms with van der Waals surface area (Å²) in [5.41, 5.74) is 4.14. The van der Waals surface area contributed by atoms with Gasteiger partial charge in [0, 0.05) is 6.20 Å². The van der Waals surface area contributed by atoms with Gasteiger partial charge in [0.05, 0.1) is 22.6 Å². The van der Waals surface area contributed by atoms with Crippen LogP contribution in [0.15, 0.2) is 55.0 Å². The quantitative estimate of drug-likeness (QED) is 0.653. The van der Waals surface area contributed by atoms with Crippen LogP contribution in [-0.4, -0.2) is 9.97 Å². The minimum Gasteiger partial charge on any atom is -0.253 e. The fourth-order valence-corrected chi connectivity index (χ4v) is 1.05. The minimum atomic E-state index is -0.245. The van der Waals surface area contributed by atoms with E-state index in [1.807, 2.05) is 38.1 Å². The van der Waals surface area contributed by atoms with Crippen molar-refractivity contribution in [3.63, 3.8) is 0 Å². The molecule has 0 bridgehead atoms. The summed E-state index contributed by atoms with van der Waals surface area (Å²) >= 11 is 0. The highest BCUT2D eigenvalue weighted by Gasteiger charge is 1.92. The van der Waals surface area contributed by atoms with Crippen molar-refractivity contribution in [1.82, 2.24) is 9.97 Å². The van der Waals surface area contributed by atoms with Crippen LogP contribution in [0.3, 0.4) is 0 Å². The average molecular weight is 288 g/mol. The number of allylic oxidation sites excluding steroid dienone is 2. The molecule has 2 aromatic rings. The van der Waals surface area contributed by atoms with Crippen molar-refractivity contribution in [2.45, 2.75) is 40.5 Å². The van der Waals surface area contributed by atoms with Gasteiger partial charge in [0.15, 0.2) is 0 Å². The van der Waals surface area contributed by atoms with Gasteiger partial charge in [-0.3, -0.25) is 4.98 Å². The number of hydrogen-bond acceptors (Lipinski definition) is 2. The molecule has 2 rings (SSSR count). The van der Waals surface area contributed by atoms with Crippen molar-refractivity contribution in [3.8, 4) is 0 Å². The maximum Gasteiger partial charge on any atom is 0.0925 e. The Balaban J connectivity index is 0.000000340. The van der Waals surface area contributed by atoms with Gasteiger partial charge in [-0.1, -0.05) is 38.1 Å². The highest BCUT2D eigenvalue weighted by Crippen LogP contribution is 2.06. The number of aryl methyl sites for hydroxylation is 1. The van der Waals surface area contributed by atoms with Crippen LogP contribution in [0.4, 0.5) is 4.39 Å². The monoisotopic (exact) mass is 288 g/mol. The smallest absolute Gasteiger partial charge is 0.0925 e. The molecule has 1 aromatic carbocycles. The van der Waals surface area contributed by atoms with Gasteiger partial charge in [0.2, 0.25) is 0 Å². The number of aromatic nitrogens is 2. The third kappa shape index (κ3) is 9.50. The van der Waals surface area contributed by atoms with Gasteiger partial charge in [-0.05, 0) is 38.8 Å². The summed E-state index contributed by atoms with van der Waals surface area (Å²) in [5.74, 6) is -0.245. The van der Waals surface area contributed by atoms with E-state index in [2.05, 4.69) is 30.0 Å². The Morgan fingerprint density at radius 2 is 1.57 bits per heavy atom. The Kier molecular flexibility index (Phi) is 9.69. The first-order valence-electron chi connectivity index (χ1n) is 7.06. The predicted molar refractivity (Wildman–Crippen MR) is 89.9 cm³/mol. The van der Waals surface area contributed by atoms with Gasteiger partial charge >= 0.3 is 0 Å². The molecule has 0 aliphatic carbocycles. The first kappa shape index (κ1) is 19.0. The lowest BCUT2D eigenvalue weighted by Gasteiger charge is -1.95. The molecule has 0 unspecified atom stereocenters. The van der Waals surface area contributed by atoms with Crippen LogP contribution in [0.25, 0.3) is 11.0 Å². The summed E-state index contributed by atoms with van der Waals surface area (Å²) in [6.45, 7) is 14.5. The third-order valence-electron chi connectivity index (χ3n) is 2.56. The second-order valence-corrected chi connectivity index (χ2v) is 4.68. The summed E-state index contributed by atoms with van der Waals surface area (Å²) < 4.78 is 11.2. The molecule has 0 fully saturated rings. The summed E-state index contributed by atoms with van der Waals surface area (Å²) in [7, 11) is 0. The van der Waals surface area contributed by atoms with Gasteiger partial charge < -0.3 is 0 Å². The van der Waals surface area contributed by atoms with Crippen LogP contribution >= 0.6 is 0 Å². The van der Waals surface area contributed by atoms with E-state index in [-0.39, 0.29) is 5.83 Å². The van der Waals surface area contributed by atoms with Crippen molar-refractivity contribution in [3.05, 3.63) is 60.7 Å². The van der Waals surface area contributed by atoms with Crippen molar-refractivity contribution >= 4 is 11.0 Å². The number of halogens is 1. The zero-order valence-electron chi connectivity index (χ0n) is 13.5. The topological polar surface area (TPSA) is 25.8 Å². The highest BCUT2D eigenvalue weighted by molar-refractivity contribution is 5.73. The largest absolute Gasteiger partial charge is 0.253 e. The van der Waals surface area contributed by atoms with E-state index in [9.17, 15) is 4.39 Å². The predicted octanol–water partition coefficient (Wildman–Crippen LogP) is 5.79. The van der Waals surface area contributed by atoms with Crippen molar-refractivity contribution < 1.29 is 4.39 Å². The Bertz CT molecular complexity index is 562. The highest BCUT2D eigenvalue weighted by atomic mass is 19.1. The summed E-state index contributed by atoms with van der Waals surface area (Å²) in [6.07, 6.45) is 3.34. The van der Waals surface area contributed by atoms with E-state index in [1.165, 1.54) is 5.57 Å². The maximum absolute atomic E-state index is 11.2. The Morgan fingerprint density at radius 1 is 1.10 bits per heavy atom. The molecule has 21 heavy (non-hydrogen) atoms. The lowest BCUT2D eigenvalue weighted by atomic mass is 10.3. The van der Waals surface area contributed by atoms with Crippen LogP contribution in [-0.2, 0) is 0 Å². The van der Waals surface area contributed by atoms with Crippen LogP contribution in [0.2, 0.25) is 0 Å². The van der Waals surface area contributed by atoms with Crippen LogP contribution in [0, 0.1) is 6.92 Å². The molecule has 0 aliphatic heterocycles. The first-order chi connectivity index (χ1) is 9.90. The number of nitrogens with zero attached hydrogens (tertiary/aromatic N) is 2. The molecule has 0 atom stereocenters. The van der Waals surface area contributed by atoms with Crippen LogP contribution in [0.5, 0.6) is 0 Å². The second-order valence-electron chi connectivity index (χ2n) is 4.68. The molecule has 0 aliphatic rings. The SMILES string of the molecule is C=C(C)CC.C=C(F)CC.Cc1cnc2ccccc2n1. The molecule has 0 saturated carbocycles. The molecular formula is C18H25FN2. The number of rotatable bonds is 2. The normalized spacial score (nSPS) is 9.00. The first-order valence-corrected chi connectivity index (χ1v) is 7.06. The van der Waals surface area contributed by atoms with E-state index >= 15 is 0 Å². The Morgan fingerprint density at radius 3 is 2.00 bits per heavy atom. The van der Waals surface area contributed by atoms with E-state index in [0.717, 1.165) is 23.1 Å². The van der Waals surface area contributed by atoms with Crippen LogP contribution in [0.1, 0.15) is 39.3 Å². The number of hydrogen-bond donors (Lipinski definition) is 0. The average Bonchev–Trinajstić information content (AvgIpc) is 2.48. The molecule has 1 heterocycles. The van der Waals surface area contributed by atoms with Gasteiger partial charge in [0.25, 0.3) is 0 Å². The fraction of sp³-hybridized carbons (Fsp3) is 0.333. The van der Waals surface area contributed by atoms with Crippen molar-refractivity contribution in [2.24, 2.45) is 0 Å². The summed E-state index contributed by atoms with van der Waals surface area (Å²) in [6, 6.07) is 7.86. The van der Waals surface area contributed by atoms with Crippen molar-refractivity contribution in [2.75, 3.05) is 0 Å². The molecule has 2 nitrogen and oxygen atoms in total. The van der Waals surface area contributed by atoms with E-state index in [4.69, 9.17) is 0 Å². The molecule has 3 heteroatoms. The van der Waals surface area contributed by atoms with Gasteiger partial charge in [0.1, 0.15) is 0 Å². The Hall–Kier alpha value is -2.03. The second kappa shape index (κ2) is 10.7. The molecule has 0 N–H and O–H groups in total. The lowest BCUT2D eigenvalue weighted by molar-refractivity contribution is 0.609. The lowest BCUT2D eigenvalue weighted by Crippen LogP contribution is -1.85. The zero-order valence-corrected chi connectivity index (χ0v) is 13.5. The van der Waals surface area contributed by atoms with Crippen LogP contribution < -0.4 is 0 Å². The third-order valence-corrected chi connectivity index (χ3v) is 2.56. The summed E-state index contributed by atoms with van der Waals surface area (Å²) in [4.78, 5) is 8.53.